The van der Waals surface area contributed by atoms with E-state index in [-0.39, 0.29) is 22.3 Å². The van der Waals surface area contributed by atoms with Crippen molar-refractivity contribution in [2.75, 3.05) is 26.6 Å². The minimum Gasteiger partial charge on any atom is -0.497 e. The number of hydrogen-bond acceptors (Lipinski definition) is 11. The number of nitrogens with two attached hydrogens (primary N) is 1. The molecule has 0 bridgehead atoms. The van der Waals surface area contributed by atoms with Gasteiger partial charge in [-0.2, -0.15) is 13.8 Å². The second kappa shape index (κ2) is 11.8. The Balaban J connectivity index is 1.69. The molecule has 1 aliphatic heterocycles. The van der Waals surface area contributed by atoms with Crippen LogP contribution in [0.1, 0.15) is 6.23 Å². The molecule has 12 nitrogen and oxygen atoms in total. The number of rotatable bonds is 11. The van der Waals surface area contributed by atoms with Gasteiger partial charge in [0.25, 0.3) is 6.43 Å². The fourth-order valence-electron chi connectivity index (χ4n) is 3.80. The SMILES string of the molecule is COc1ccc(OP(=O)(OCC2(C(F)F)OC(n3cc(F)c(N)nc3=O)C(O)C2(F)F)Oc2ccc(OC)cc2)cc1. The van der Waals surface area contributed by atoms with Crippen molar-refractivity contribution in [1.82, 2.24) is 9.55 Å². The number of aliphatic hydroxyl groups is 1. The number of alkyl halides is 4. The van der Waals surface area contributed by atoms with Crippen molar-refractivity contribution in [2.24, 2.45) is 0 Å². The molecular formula is C24H23F5N3O9P. The van der Waals surface area contributed by atoms with Crippen LogP contribution in [0.5, 0.6) is 23.0 Å². The molecule has 3 unspecified atom stereocenters. The molecule has 42 heavy (non-hydrogen) atoms. The zero-order valence-corrected chi connectivity index (χ0v) is 22.6. The Hall–Kier alpha value is -3.92. The number of nitrogen functional groups attached to an aromatic ring is 1. The predicted octanol–water partition coefficient (Wildman–Crippen LogP) is 3.79. The molecule has 0 radical (unpaired) electrons. The number of hydrogen-bond donors (Lipinski definition) is 2. The third-order valence-corrected chi connectivity index (χ3v) is 7.40. The molecule has 3 N–H and O–H groups in total. The van der Waals surface area contributed by atoms with Gasteiger partial charge in [0.05, 0.1) is 20.4 Å². The second-order valence-corrected chi connectivity index (χ2v) is 10.2. The van der Waals surface area contributed by atoms with E-state index in [1.807, 2.05) is 0 Å². The Morgan fingerprint density at radius 2 is 1.50 bits per heavy atom. The van der Waals surface area contributed by atoms with Crippen LogP contribution in [0.4, 0.5) is 27.8 Å². The van der Waals surface area contributed by atoms with Gasteiger partial charge in [0.2, 0.25) is 5.60 Å². The standard InChI is InChI=1S/C24H23F5N3O9P/c1-36-13-3-7-15(8-4-13)40-42(35,41-16-9-5-14(37-2)6-10-16)38-12-23(21(26)27)24(28,29)18(33)20(39-23)32-11-17(25)19(30)31-22(32)34/h3-11,18,20-21,33H,12H2,1-2H3,(H2,30,31,34). The molecule has 0 saturated carbocycles. The molecule has 3 atom stereocenters. The second-order valence-electron chi connectivity index (χ2n) is 8.68. The first-order valence-corrected chi connectivity index (χ1v) is 13.2. The lowest BCUT2D eigenvalue weighted by Gasteiger charge is -2.33. The summed E-state index contributed by atoms with van der Waals surface area (Å²) < 4.78 is 118. The molecule has 0 spiro atoms. The normalized spacial score (nSPS) is 21.7. The Labute approximate surface area is 233 Å². The Morgan fingerprint density at radius 1 is 1.02 bits per heavy atom. The first-order valence-electron chi connectivity index (χ1n) is 11.7. The van der Waals surface area contributed by atoms with Crippen LogP contribution >= 0.6 is 7.82 Å². The molecule has 1 saturated heterocycles. The molecule has 1 aliphatic rings. The third-order valence-electron chi connectivity index (χ3n) is 6.09. The molecule has 18 heteroatoms. The van der Waals surface area contributed by atoms with Gasteiger partial charge in [-0.15, -0.1) is 0 Å². The van der Waals surface area contributed by atoms with E-state index in [1.165, 1.54) is 62.8 Å². The maximum Gasteiger partial charge on any atom is 0.587 e. The van der Waals surface area contributed by atoms with Gasteiger partial charge in [-0.05, 0) is 48.5 Å². The summed E-state index contributed by atoms with van der Waals surface area (Å²) in [5.74, 6) is -6.87. The fraction of sp³-hybridized carbons (Fsp3) is 0.333. The summed E-state index contributed by atoms with van der Waals surface area (Å²) in [7, 11) is -2.37. The van der Waals surface area contributed by atoms with Crippen LogP contribution in [0.25, 0.3) is 0 Å². The molecule has 0 amide bonds. The minimum atomic E-state index is -5.10. The zero-order chi connectivity index (χ0) is 30.9. The lowest BCUT2D eigenvalue weighted by Crippen LogP contribution is -2.57. The molecule has 2 heterocycles. The van der Waals surface area contributed by atoms with Gasteiger partial charge in [0, 0.05) is 0 Å². The minimum absolute atomic E-state index is 0.0235. The summed E-state index contributed by atoms with van der Waals surface area (Å²) in [5.41, 5.74) is -0.366. The van der Waals surface area contributed by atoms with Gasteiger partial charge in [-0.3, -0.25) is 9.09 Å². The molecule has 1 fully saturated rings. The monoisotopic (exact) mass is 623 g/mol. The van der Waals surface area contributed by atoms with Crippen LogP contribution in [0.15, 0.2) is 59.5 Å². The van der Waals surface area contributed by atoms with E-state index in [9.17, 15) is 27.6 Å². The summed E-state index contributed by atoms with van der Waals surface area (Å²) in [6.45, 7) is -1.91. The Kier molecular flexibility index (Phi) is 8.68. The molecular weight excluding hydrogens is 600 g/mol. The Morgan fingerprint density at radius 3 is 1.95 bits per heavy atom. The van der Waals surface area contributed by atoms with Crippen LogP contribution in [0.3, 0.4) is 0 Å². The number of phosphoric ester groups is 1. The van der Waals surface area contributed by atoms with Crippen molar-refractivity contribution in [1.29, 1.82) is 0 Å². The number of aliphatic hydroxyl groups excluding tert-OH is 1. The molecule has 4 rings (SSSR count). The number of ether oxygens (including phenoxy) is 3. The average molecular weight is 623 g/mol. The average Bonchev–Trinajstić information content (AvgIpc) is 3.16. The highest BCUT2D eigenvalue weighted by molar-refractivity contribution is 7.49. The molecule has 228 valence electrons. The van der Waals surface area contributed by atoms with Crippen LogP contribution < -0.4 is 29.9 Å². The van der Waals surface area contributed by atoms with Crippen molar-refractivity contribution in [3.8, 4) is 23.0 Å². The number of phosphoric acid groups is 1. The van der Waals surface area contributed by atoms with Gasteiger partial charge < -0.3 is 34.1 Å². The van der Waals surface area contributed by atoms with E-state index in [2.05, 4.69) is 4.98 Å². The van der Waals surface area contributed by atoms with Crippen LogP contribution in [-0.4, -0.2) is 59.5 Å². The molecule has 1 aromatic heterocycles. The maximum atomic E-state index is 15.4. The first-order chi connectivity index (χ1) is 19.7. The largest absolute Gasteiger partial charge is 0.587 e. The van der Waals surface area contributed by atoms with E-state index >= 15 is 8.78 Å². The topological polar surface area (TPSA) is 154 Å². The van der Waals surface area contributed by atoms with Gasteiger partial charge in [0.1, 0.15) is 29.6 Å². The lowest BCUT2D eigenvalue weighted by atomic mass is 9.95. The number of methoxy groups -OCH3 is 2. The first kappa shape index (κ1) is 31.0. The van der Waals surface area contributed by atoms with Crippen molar-refractivity contribution < 1.29 is 59.4 Å². The third kappa shape index (κ3) is 5.86. The highest BCUT2D eigenvalue weighted by Crippen LogP contribution is 2.56. The van der Waals surface area contributed by atoms with Crippen LogP contribution in [-0.2, 0) is 13.8 Å². The summed E-state index contributed by atoms with van der Waals surface area (Å²) in [5, 5.41) is 10.3. The number of halogens is 5. The number of anilines is 1. The molecule has 0 aliphatic carbocycles. The smallest absolute Gasteiger partial charge is 0.497 e. The van der Waals surface area contributed by atoms with Crippen molar-refractivity contribution in [3.63, 3.8) is 0 Å². The van der Waals surface area contributed by atoms with Crippen molar-refractivity contribution in [3.05, 3.63) is 71.0 Å². The van der Waals surface area contributed by atoms with Gasteiger partial charge in [-0.1, -0.05) is 0 Å². The predicted molar refractivity (Wildman–Crippen MR) is 133 cm³/mol. The highest BCUT2D eigenvalue weighted by Gasteiger charge is 2.74. The number of aromatic nitrogens is 2. The molecule has 2 aromatic carbocycles. The van der Waals surface area contributed by atoms with E-state index < -0.39 is 62.0 Å². The van der Waals surface area contributed by atoms with Crippen molar-refractivity contribution >= 4 is 13.6 Å². The molecule has 3 aromatic rings. The summed E-state index contributed by atoms with van der Waals surface area (Å²) in [4.78, 5) is 15.2. The van der Waals surface area contributed by atoms with Gasteiger partial charge in [-0.25, -0.2) is 22.5 Å². The van der Waals surface area contributed by atoms with E-state index in [0.717, 1.165) is 0 Å². The summed E-state index contributed by atoms with van der Waals surface area (Å²) in [6, 6.07) is 10.5. The zero-order valence-electron chi connectivity index (χ0n) is 21.7. The highest BCUT2D eigenvalue weighted by atomic mass is 31.2. The lowest BCUT2D eigenvalue weighted by molar-refractivity contribution is -0.242. The van der Waals surface area contributed by atoms with E-state index in [0.29, 0.717) is 11.5 Å². The Bertz CT molecular complexity index is 1460. The van der Waals surface area contributed by atoms with Crippen molar-refractivity contribution in [2.45, 2.75) is 30.3 Å². The van der Waals surface area contributed by atoms with Crippen LogP contribution in [0, 0.1) is 5.82 Å². The summed E-state index contributed by atoms with van der Waals surface area (Å²) >= 11 is 0. The number of benzene rings is 2. The van der Waals surface area contributed by atoms with Crippen LogP contribution in [0.2, 0.25) is 0 Å². The van der Waals surface area contributed by atoms with E-state index in [4.69, 9.17) is 33.5 Å². The summed E-state index contributed by atoms with van der Waals surface area (Å²) in [6.07, 6.45) is -9.62. The van der Waals surface area contributed by atoms with E-state index in [1.54, 1.807) is 0 Å². The van der Waals surface area contributed by atoms with Gasteiger partial charge >= 0.3 is 19.4 Å². The quantitative estimate of drug-likeness (QED) is 0.237. The van der Waals surface area contributed by atoms with Gasteiger partial charge in [0.15, 0.2) is 24.0 Å². The maximum absolute atomic E-state index is 15.4. The number of nitrogens with zero attached hydrogens (tertiary/aromatic N) is 2. The fourth-order valence-corrected chi connectivity index (χ4v) is 5.06.